The van der Waals surface area contributed by atoms with E-state index in [9.17, 15) is 9.59 Å². The van der Waals surface area contributed by atoms with Crippen molar-refractivity contribution < 1.29 is 19.1 Å². The summed E-state index contributed by atoms with van der Waals surface area (Å²) < 4.78 is 9.70. The van der Waals surface area contributed by atoms with Gasteiger partial charge in [-0.25, -0.2) is 9.59 Å². The fourth-order valence-corrected chi connectivity index (χ4v) is 1.52. The number of carbonyl (C=O) groups excluding carboxylic acids is 2. The maximum atomic E-state index is 11.2. The zero-order chi connectivity index (χ0) is 12.7. The first kappa shape index (κ1) is 13.6. The predicted octanol–water partition coefficient (Wildman–Crippen LogP) is 3.31. The molecule has 0 aromatic carbocycles. The van der Waals surface area contributed by atoms with Gasteiger partial charge in [0.25, 0.3) is 0 Å². The first-order valence-electron chi connectivity index (χ1n) is 5.87. The summed E-state index contributed by atoms with van der Waals surface area (Å²) in [6, 6.07) is 0. The van der Waals surface area contributed by atoms with Crippen molar-refractivity contribution in [2.75, 3.05) is 6.61 Å². The fraction of sp³-hybridized carbons (Fsp3) is 0.818. The van der Waals surface area contributed by atoms with Crippen LogP contribution in [-0.4, -0.2) is 24.9 Å². The molecule has 2 amide bonds. The lowest BCUT2D eigenvalue weighted by Gasteiger charge is -2.07. The number of carbonyl (C=O) groups is 2. The van der Waals surface area contributed by atoms with Gasteiger partial charge in [-0.05, 0) is 31.6 Å². The van der Waals surface area contributed by atoms with E-state index in [0.29, 0.717) is 0 Å². The van der Waals surface area contributed by atoms with Crippen molar-refractivity contribution in [3.8, 4) is 0 Å². The van der Waals surface area contributed by atoms with Crippen LogP contribution in [0.3, 0.4) is 0 Å². The van der Waals surface area contributed by atoms with Gasteiger partial charge in [0.05, 0.1) is 6.61 Å². The molecule has 0 heterocycles. The molecule has 0 aromatic rings. The van der Waals surface area contributed by atoms with Gasteiger partial charge in [-0.3, -0.25) is 0 Å². The Balaban J connectivity index is 2.22. The summed E-state index contributed by atoms with van der Waals surface area (Å²) in [7, 11) is 0. The molecule has 1 aliphatic rings. The highest BCUT2D eigenvalue weighted by molar-refractivity contribution is 5.73. The molecule has 1 saturated carbocycles. The van der Waals surface area contributed by atoms with Crippen LogP contribution < -0.4 is 0 Å². The number of azo groups is 1. The minimum atomic E-state index is -0.859. The van der Waals surface area contributed by atoms with E-state index in [0.717, 1.165) is 25.7 Å². The molecule has 0 saturated heterocycles. The lowest BCUT2D eigenvalue weighted by Crippen LogP contribution is -2.11. The van der Waals surface area contributed by atoms with Crippen LogP contribution in [-0.2, 0) is 9.47 Å². The largest absolute Gasteiger partial charge is 0.452 e. The van der Waals surface area contributed by atoms with Crippen LogP contribution in [0.2, 0.25) is 0 Å². The van der Waals surface area contributed by atoms with Crippen LogP contribution in [0.1, 0.15) is 39.5 Å². The molecule has 0 atom stereocenters. The summed E-state index contributed by atoms with van der Waals surface area (Å²) >= 11 is 0. The van der Waals surface area contributed by atoms with E-state index in [-0.39, 0.29) is 18.6 Å². The second-order valence-electron chi connectivity index (χ2n) is 4.46. The number of ether oxygens (including phenoxy) is 2. The smallest absolute Gasteiger partial charge is 0.447 e. The van der Waals surface area contributed by atoms with Crippen LogP contribution in [0.15, 0.2) is 10.2 Å². The molecule has 0 aliphatic heterocycles. The third-order valence-electron chi connectivity index (χ3n) is 2.32. The van der Waals surface area contributed by atoms with E-state index < -0.39 is 12.2 Å². The fourth-order valence-electron chi connectivity index (χ4n) is 1.52. The molecule has 1 rings (SSSR count). The number of amides is 2. The number of hydrogen-bond donors (Lipinski definition) is 0. The molecular weight excluding hydrogens is 224 g/mol. The average molecular weight is 242 g/mol. The lowest BCUT2D eigenvalue weighted by atomic mass is 10.2. The van der Waals surface area contributed by atoms with E-state index in [1.165, 1.54) is 0 Å². The second-order valence-corrected chi connectivity index (χ2v) is 4.46. The standard InChI is InChI=1S/C11H18N2O4/c1-8(2)7-16-10(14)12-13-11(15)17-9-5-3-4-6-9/h8-9H,3-7H2,1-2H3. The molecule has 1 aliphatic carbocycles. The Morgan fingerprint density at radius 1 is 1.18 bits per heavy atom. The molecule has 17 heavy (non-hydrogen) atoms. The highest BCUT2D eigenvalue weighted by Gasteiger charge is 2.19. The van der Waals surface area contributed by atoms with E-state index in [1.54, 1.807) is 0 Å². The molecule has 0 radical (unpaired) electrons. The van der Waals surface area contributed by atoms with Gasteiger partial charge in [0.2, 0.25) is 0 Å². The molecule has 1 fully saturated rings. The highest BCUT2D eigenvalue weighted by Crippen LogP contribution is 2.21. The Labute approximate surface area is 100 Å². The highest BCUT2D eigenvalue weighted by atomic mass is 16.6. The number of hydrogen-bond acceptors (Lipinski definition) is 4. The van der Waals surface area contributed by atoms with Crippen LogP contribution in [0, 0.1) is 5.92 Å². The summed E-state index contributed by atoms with van der Waals surface area (Å²) in [5, 5.41) is 6.28. The Kier molecular flexibility index (Phi) is 5.59. The van der Waals surface area contributed by atoms with Crippen LogP contribution >= 0.6 is 0 Å². The maximum absolute atomic E-state index is 11.2. The summed E-state index contributed by atoms with van der Waals surface area (Å²) in [5.41, 5.74) is 0. The van der Waals surface area contributed by atoms with Gasteiger partial charge in [-0.15, -0.1) is 0 Å². The van der Waals surface area contributed by atoms with Crippen molar-refractivity contribution in [3.63, 3.8) is 0 Å². The third-order valence-corrected chi connectivity index (χ3v) is 2.32. The Morgan fingerprint density at radius 2 is 1.76 bits per heavy atom. The van der Waals surface area contributed by atoms with Gasteiger partial charge in [0, 0.05) is 0 Å². The van der Waals surface area contributed by atoms with Crippen LogP contribution in [0.25, 0.3) is 0 Å². The first-order chi connectivity index (χ1) is 8.08. The lowest BCUT2D eigenvalue weighted by molar-refractivity contribution is 0.107. The Bertz CT molecular complexity index is 296. The monoisotopic (exact) mass is 242 g/mol. The third kappa shape index (κ3) is 5.99. The van der Waals surface area contributed by atoms with Crippen molar-refractivity contribution in [1.29, 1.82) is 0 Å². The van der Waals surface area contributed by atoms with Crippen molar-refractivity contribution in [1.82, 2.24) is 0 Å². The minimum Gasteiger partial charge on any atom is -0.447 e. The SMILES string of the molecule is CC(C)COC(=O)N=NC(=O)OC1CCCC1. The molecule has 0 aromatic heterocycles. The topological polar surface area (TPSA) is 77.3 Å². The van der Waals surface area contributed by atoms with Crippen LogP contribution in [0.5, 0.6) is 0 Å². The molecular formula is C11H18N2O4. The predicted molar refractivity (Wildman–Crippen MR) is 59.8 cm³/mol. The van der Waals surface area contributed by atoms with Gasteiger partial charge in [0.15, 0.2) is 0 Å². The summed E-state index contributed by atoms with van der Waals surface area (Å²) in [5.74, 6) is 0.222. The van der Waals surface area contributed by atoms with E-state index in [4.69, 9.17) is 9.47 Å². The normalized spacial score (nSPS) is 16.6. The maximum Gasteiger partial charge on any atom is 0.452 e. The number of nitrogens with zero attached hydrogens (tertiary/aromatic N) is 2. The molecule has 0 unspecified atom stereocenters. The summed E-state index contributed by atoms with van der Waals surface area (Å²) in [4.78, 5) is 22.1. The van der Waals surface area contributed by atoms with Crippen molar-refractivity contribution in [2.45, 2.75) is 45.6 Å². The minimum absolute atomic E-state index is 0.0758. The quantitative estimate of drug-likeness (QED) is 0.711. The summed E-state index contributed by atoms with van der Waals surface area (Å²) in [6.07, 6.45) is 2.09. The van der Waals surface area contributed by atoms with Gasteiger partial charge < -0.3 is 9.47 Å². The van der Waals surface area contributed by atoms with E-state index >= 15 is 0 Å². The molecule has 0 bridgehead atoms. The van der Waals surface area contributed by atoms with Gasteiger partial charge in [-0.2, -0.15) is 0 Å². The molecule has 0 spiro atoms. The molecule has 96 valence electrons. The Hall–Kier alpha value is -1.46. The van der Waals surface area contributed by atoms with E-state index in [1.807, 2.05) is 13.8 Å². The molecule has 6 nitrogen and oxygen atoms in total. The number of rotatable bonds is 3. The van der Waals surface area contributed by atoms with Crippen molar-refractivity contribution in [3.05, 3.63) is 0 Å². The average Bonchev–Trinajstić information content (AvgIpc) is 2.76. The zero-order valence-electron chi connectivity index (χ0n) is 10.2. The van der Waals surface area contributed by atoms with Gasteiger partial charge >= 0.3 is 12.2 Å². The Morgan fingerprint density at radius 3 is 2.35 bits per heavy atom. The zero-order valence-corrected chi connectivity index (χ0v) is 10.2. The summed E-state index contributed by atoms with van der Waals surface area (Å²) in [6.45, 7) is 4.06. The second kappa shape index (κ2) is 6.98. The van der Waals surface area contributed by atoms with Gasteiger partial charge in [-0.1, -0.05) is 24.1 Å². The van der Waals surface area contributed by atoms with Crippen molar-refractivity contribution in [2.24, 2.45) is 16.1 Å². The van der Waals surface area contributed by atoms with Crippen molar-refractivity contribution >= 4 is 12.2 Å². The van der Waals surface area contributed by atoms with Crippen LogP contribution in [0.4, 0.5) is 9.59 Å². The van der Waals surface area contributed by atoms with Gasteiger partial charge in [0.1, 0.15) is 6.10 Å². The molecule has 6 heteroatoms. The molecule has 0 N–H and O–H groups in total. The first-order valence-corrected chi connectivity index (χ1v) is 5.87. The van der Waals surface area contributed by atoms with E-state index in [2.05, 4.69) is 10.2 Å².